The number of pyridine rings is 2. The molecule has 0 saturated carbocycles. The van der Waals surface area contributed by atoms with E-state index in [2.05, 4.69) is 15.3 Å². The minimum atomic E-state index is -4.65. The lowest BCUT2D eigenvalue weighted by Crippen LogP contribution is -2.53. The molecule has 0 spiro atoms. The number of esters is 1. The third-order valence-corrected chi connectivity index (χ3v) is 9.74. The molecule has 1 aliphatic heterocycles. The van der Waals surface area contributed by atoms with E-state index < -0.39 is 59.4 Å². The molecule has 7 rings (SSSR count). The molecule has 2 unspecified atom stereocenters. The van der Waals surface area contributed by atoms with Crippen LogP contribution >= 0.6 is 0 Å². The Morgan fingerprint density at radius 3 is 2.52 bits per heavy atom. The van der Waals surface area contributed by atoms with Crippen LogP contribution in [0.5, 0.6) is 5.75 Å². The van der Waals surface area contributed by atoms with Crippen molar-refractivity contribution < 1.29 is 36.6 Å². The van der Waals surface area contributed by atoms with Gasteiger partial charge in [0, 0.05) is 43.5 Å². The molecule has 0 bridgehead atoms. The van der Waals surface area contributed by atoms with Gasteiger partial charge in [-0.2, -0.15) is 13.2 Å². The Morgan fingerprint density at radius 1 is 1.02 bits per heavy atom. The third-order valence-electron chi connectivity index (χ3n) is 9.74. The zero-order valence-corrected chi connectivity index (χ0v) is 30.3. The molecule has 1 aliphatic rings. The van der Waals surface area contributed by atoms with Crippen molar-refractivity contribution in [2.75, 3.05) is 24.7 Å². The number of aryl methyl sites for hydroxylation is 3. The van der Waals surface area contributed by atoms with Crippen molar-refractivity contribution in [3.63, 3.8) is 0 Å². The molecule has 288 valence electrons. The summed E-state index contributed by atoms with van der Waals surface area (Å²) in [4.78, 5) is 64.4. The molecule has 0 radical (unpaired) electrons. The van der Waals surface area contributed by atoms with Gasteiger partial charge in [0.15, 0.2) is 0 Å². The Balaban J connectivity index is 1.26. The molecule has 1 fully saturated rings. The molecule has 16 heteroatoms. The number of carbonyl (C=O) groups is 2. The number of morpholine rings is 1. The predicted octanol–water partition coefficient (Wildman–Crippen LogP) is 5.10. The Labute approximate surface area is 315 Å². The van der Waals surface area contributed by atoms with Gasteiger partial charge in [-0.05, 0) is 67.4 Å². The van der Waals surface area contributed by atoms with Crippen LogP contribution in [0.3, 0.4) is 0 Å². The normalized spacial score (nSPS) is 15.2. The van der Waals surface area contributed by atoms with E-state index >= 15 is 4.39 Å². The number of amides is 1. The second-order valence-electron chi connectivity index (χ2n) is 13.4. The molecular weight excluding hydrogens is 736 g/mol. The average Bonchev–Trinajstić information content (AvgIpc) is 3.17. The number of halogens is 4. The number of rotatable bonds is 8. The first-order valence-corrected chi connectivity index (χ1v) is 17.5. The Hall–Kier alpha value is -6.42. The zero-order valence-electron chi connectivity index (χ0n) is 30.3. The van der Waals surface area contributed by atoms with Crippen LogP contribution in [0, 0.1) is 19.7 Å². The number of fused-ring (bicyclic) bond motifs is 2. The summed E-state index contributed by atoms with van der Waals surface area (Å²) >= 11 is 0. The first kappa shape index (κ1) is 37.9. The number of hydrogen-bond donors (Lipinski definition) is 1. The third kappa shape index (κ3) is 7.22. The standard InChI is InChI=1S/C40H34F4N6O6/c1-22-6-9-26(10-7-22)56-38(53)30(47-36(51)34-23(2)17-25(19-29(34)41)49-15-16-55-21-33(49)40(42,43)44)18-24-8-11-31(35-27(24)5-4-13-46-35)50-37(52)28-12-14-45-20-32(28)48(3)39(50)54/h4-14,17,19-20,30,33H,15-16,18,21H2,1-3H3,(H,47,51). The number of alkyl halides is 3. The van der Waals surface area contributed by atoms with Crippen LogP contribution in [0.1, 0.15) is 27.0 Å². The smallest absolute Gasteiger partial charge is 0.411 e. The molecule has 2 atom stereocenters. The highest BCUT2D eigenvalue weighted by Crippen LogP contribution is 2.33. The van der Waals surface area contributed by atoms with Gasteiger partial charge in [0.25, 0.3) is 11.5 Å². The summed E-state index contributed by atoms with van der Waals surface area (Å²) in [6.07, 6.45) is -0.528. The first-order valence-electron chi connectivity index (χ1n) is 17.5. The molecule has 0 aliphatic carbocycles. The summed E-state index contributed by atoms with van der Waals surface area (Å²) in [5.74, 6) is -2.81. The molecule has 6 aromatic rings. The van der Waals surface area contributed by atoms with E-state index in [1.54, 1.807) is 42.5 Å². The highest BCUT2D eigenvalue weighted by molar-refractivity contribution is 5.99. The fraction of sp³-hybridized carbons (Fsp3) is 0.250. The molecular formula is C40H34F4N6O6. The zero-order chi connectivity index (χ0) is 39.9. The lowest BCUT2D eigenvalue weighted by Gasteiger charge is -2.38. The molecule has 1 N–H and O–H groups in total. The van der Waals surface area contributed by atoms with Crippen molar-refractivity contribution in [2.45, 2.75) is 38.5 Å². The van der Waals surface area contributed by atoms with Crippen molar-refractivity contribution in [3.8, 4) is 11.4 Å². The van der Waals surface area contributed by atoms with Crippen molar-refractivity contribution in [2.24, 2.45) is 7.05 Å². The van der Waals surface area contributed by atoms with Gasteiger partial charge in [-0.25, -0.2) is 18.5 Å². The van der Waals surface area contributed by atoms with Gasteiger partial charge in [0.05, 0.1) is 47.1 Å². The van der Waals surface area contributed by atoms with Gasteiger partial charge in [-0.15, -0.1) is 0 Å². The Bertz CT molecular complexity index is 2600. The van der Waals surface area contributed by atoms with Crippen molar-refractivity contribution in [3.05, 3.63) is 134 Å². The monoisotopic (exact) mass is 770 g/mol. The maximum atomic E-state index is 15.8. The van der Waals surface area contributed by atoms with Crippen LogP contribution < -0.4 is 26.2 Å². The van der Waals surface area contributed by atoms with Crippen LogP contribution in [-0.4, -0.2) is 69.0 Å². The topological polar surface area (TPSA) is 138 Å². The van der Waals surface area contributed by atoms with E-state index in [9.17, 15) is 32.3 Å². The van der Waals surface area contributed by atoms with Crippen molar-refractivity contribution >= 4 is 39.4 Å². The number of hydrogen-bond acceptors (Lipinski definition) is 9. The average molecular weight is 771 g/mol. The SMILES string of the molecule is Cc1ccc(OC(=O)C(Cc2ccc(-n3c(=O)c4ccncc4n(C)c3=O)c3ncccc23)NC(=O)c2c(C)cc(N3CCOCC3C(F)(F)F)cc2F)cc1. The van der Waals surface area contributed by atoms with E-state index in [0.717, 1.165) is 21.1 Å². The van der Waals surface area contributed by atoms with Gasteiger partial charge in [-0.3, -0.25) is 24.1 Å². The van der Waals surface area contributed by atoms with Gasteiger partial charge >= 0.3 is 17.8 Å². The number of carbonyl (C=O) groups excluding carboxylic acids is 2. The molecule has 4 heterocycles. The minimum Gasteiger partial charge on any atom is -0.425 e. The number of aromatic nitrogens is 4. The highest BCUT2D eigenvalue weighted by atomic mass is 19.4. The highest BCUT2D eigenvalue weighted by Gasteiger charge is 2.45. The van der Waals surface area contributed by atoms with E-state index in [0.29, 0.717) is 16.5 Å². The fourth-order valence-corrected chi connectivity index (χ4v) is 6.88. The summed E-state index contributed by atoms with van der Waals surface area (Å²) in [5.41, 5.74) is 0.357. The first-order chi connectivity index (χ1) is 26.7. The molecule has 3 aromatic carbocycles. The summed E-state index contributed by atoms with van der Waals surface area (Å²) in [5, 5.41) is 3.27. The molecule has 56 heavy (non-hydrogen) atoms. The molecule has 3 aromatic heterocycles. The van der Waals surface area contributed by atoms with E-state index in [1.165, 1.54) is 55.3 Å². The largest absolute Gasteiger partial charge is 0.425 e. The van der Waals surface area contributed by atoms with Crippen LogP contribution in [0.25, 0.3) is 27.5 Å². The number of nitrogens with one attached hydrogen (secondary N) is 1. The van der Waals surface area contributed by atoms with Crippen LogP contribution in [0.15, 0.2) is 94.9 Å². The maximum Gasteiger partial charge on any atom is 0.411 e. The van der Waals surface area contributed by atoms with Crippen LogP contribution in [-0.2, 0) is 23.0 Å². The predicted molar refractivity (Wildman–Crippen MR) is 199 cm³/mol. The molecule has 1 saturated heterocycles. The van der Waals surface area contributed by atoms with Gasteiger partial charge in [0.1, 0.15) is 23.7 Å². The molecule has 12 nitrogen and oxygen atoms in total. The number of nitrogens with zero attached hydrogens (tertiary/aromatic N) is 5. The van der Waals surface area contributed by atoms with E-state index in [1.807, 2.05) is 6.92 Å². The summed E-state index contributed by atoms with van der Waals surface area (Å²) < 4.78 is 70.2. The second kappa shape index (κ2) is 15.0. The van der Waals surface area contributed by atoms with E-state index in [4.69, 9.17) is 9.47 Å². The number of ether oxygens (including phenoxy) is 2. The summed E-state index contributed by atoms with van der Waals surface area (Å²) in [6.45, 7) is 2.46. The molecule has 1 amide bonds. The van der Waals surface area contributed by atoms with Crippen molar-refractivity contribution in [1.29, 1.82) is 0 Å². The van der Waals surface area contributed by atoms with Crippen LogP contribution in [0.2, 0.25) is 0 Å². The second-order valence-corrected chi connectivity index (χ2v) is 13.4. The lowest BCUT2D eigenvalue weighted by molar-refractivity contribution is -0.167. The van der Waals surface area contributed by atoms with E-state index in [-0.39, 0.29) is 53.2 Å². The fourth-order valence-electron chi connectivity index (χ4n) is 6.88. The number of benzene rings is 3. The summed E-state index contributed by atoms with van der Waals surface area (Å²) in [6, 6.07) is 13.2. The Kier molecular flexibility index (Phi) is 10.2. The van der Waals surface area contributed by atoms with Crippen LogP contribution in [0.4, 0.5) is 23.2 Å². The van der Waals surface area contributed by atoms with Crippen molar-refractivity contribution in [1.82, 2.24) is 24.4 Å². The maximum absolute atomic E-state index is 15.8. The number of anilines is 1. The van der Waals surface area contributed by atoms with Gasteiger partial charge < -0.3 is 19.7 Å². The van der Waals surface area contributed by atoms with Gasteiger partial charge in [-0.1, -0.05) is 29.8 Å². The minimum absolute atomic E-state index is 0.00118. The quantitative estimate of drug-likeness (QED) is 0.127. The lowest BCUT2D eigenvalue weighted by atomic mass is 9.99. The summed E-state index contributed by atoms with van der Waals surface area (Å²) in [7, 11) is 1.51. The van der Waals surface area contributed by atoms with Gasteiger partial charge in [0.2, 0.25) is 0 Å². The Morgan fingerprint density at radius 2 is 1.79 bits per heavy atom.